The number of carbonyl (C=O) groups is 1. The summed E-state index contributed by atoms with van der Waals surface area (Å²) in [4.78, 5) is 31.4. The molecule has 5 rings (SSSR count). The number of benzene rings is 2. The number of para-hydroxylation sites is 1. The highest BCUT2D eigenvalue weighted by Gasteiger charge is 2.21. The molecule has 4 aromatic rings. The van der Waals surface area contributed by atoms with Gasteiger partial charge in [-0.3, -0.25) is 14.2 Å². The molecule has 2 heterocycles. The van der Waals surface area contributed by atoms with Gasteiger partial charge in [0.2, 0.25) is 5.91 Å². The van der Waals surface area contributed by atoms with Crippen LogP contribution in [-0.2, 0) is 11.8 Å². The molecule has 1 N–H and O–H groups in total. The summed E-state index contributed by atoms with van der Waals surface area (Å²) in [5.74, 6) is 0.208. The molecule has 0 saturated heterocycles. The third-order valence-electron chi connectivity index (χ3n) is 6.26. The number of hydrogen-bond acceptors (Lipinski definition) is 4. The van der Waals surface area contributed by atoms with Crippen LogP contribution in [0.15, 0.2) is 63.0 Å². The minimum absolute atomic E-state index is 0.0114. The van der Waals surface area contributed by atoms with Gasteiger partial charge in [-0.25, -0.2) is 4.98 Å². The second-order valence-electron chi connectivity index (χ2n) is 8.48. The Morgan fingerprint density at radius 3 is 2.67 bits per heavy atom. The van der Waals surface area contributed by atoms with Gasteiger partial charge in [-0.15, -0.1) is 0 Å². The van der Waals surface area contributed by atoms with E-state index in [0.29, 0.717) is 16.2 Å². The van der Waals surface area contributed by atoms with Crippen LogP contribution < -0.4 is 10.9 Å². The van der Waals surface area contributed by atoms with E-state index in [9.17, 15) is 9.59 Å². The topological polar surface area (TPSA) is 68.9 Å². The Labute approximate surface area is 204 Å². The molecular weight excluding hydrogens is 500 g/mol. The second-order valence-corrected chi connectivity index (χ2v) is 10.3. The van der Waals surface area contributed by atoms with Crippen LogP contribution in [0.4, 0.5) is 0 Å². The summed E-state index contributed by atoms with van der Waals surface area (Å²) in [7, 11) is 1.89. The Morgan fingerprint density at radius 1 is 1.15 bits per heavy atom. The van der Waals surface area contributed by atoms with Gasteiger partial charge in [0, 0.05) is 22.9 Å². The Bertz CT molecular complexity index is 1390. The fourth-order valence-electron chi connectivity index (χ4n) is 4.63. The van der Waals surface area contributed by atoms with Gasteiger partial charge in [0.1, 0.15) is 11.0 Å². The lowest BCUT2D eigenvalue weighted by Crippen LogP contribution is -2.37. The average Bonchev–Trinajstić information content (AvgIpc) is 3.10. The molecule has 0 atom stereocenters. The normalized spacial score (nSPS) is 14.7. The van der Waals surface area contributed by atoms with Crippen molar-refractivity contribution in [2.75, 3.05) is 5.75 Å². The maximum Gasteiger partial charge on any atom is 0.283 e. The van der Waals surface area contributed by atoms with Crippen molar-refractivity contribution in [2.24, 2.45) is 7.05 Å². The Balaban J connectivity index is 1.58. The van der Waals surface area contributed by atoms with Crippen molar-refractivity contribution in [2.45, 2.75) is 43.3 Å². The molecule has 1 aliphatic carbocycles. The van der Waals surface area contributed by atoms with E-state index in [1.807, 2.05) is 60.1 Å². The molecule has 1 aliphatic rings. The zero-order valence-corrected chi connectivity index (χ0v) is 20.8. The van der Waals surface area contributed by atoms with Crippen molar-refractivity contribution in [1.82, 2.24) is 19.4 Å². The molecule has 0 unspecified atom stereocenters. The Hall–Kier alpha value is -2.58. The molecule has 1 amide bonds. The number of hydrogen-bond donors (Lipinski definition) is 1. The number of aromatic nitrogens is 3. The first-order chi connectivity index (χ1) is 16.0. The minimum atomic E-state index is -0.142. The summed E-state index contributed by atoms with van der Waals surface area (Å²) in [6.07, 6.45) is 5.67. The van der Waals surface area contributed by atoms with Gasteiger partial charge in [-0.2, -0.15) is 0 Å². The first kappa shape index (κ1) is 22.2. The fraction of sp³-hybridized carbons (Fsp3) is 0.320. The van der Waals surface area contributed by atoms with Crippen molar-refractivity contribution in [3.63, 3.8) is 0 Å². The Morgan fingerprint density at radius 2 is 1.91 bits per heavy atom. The lowest BCUT2D eigenvalue weighted by molar-refractivity contribution is -0.119. The molecule has 1 saturated carbocycles. The van der Waals surface area contributed by atoms with Crippen LogP contribution in [0.3, 0.4) is 0 Å². The molecule has 0 aliphatic heterocycles. The van der Waals surface area contributed by atoms with Crippen LogP contribution in [0.2, 0.25) is 0 Å². The molecule has 8 heteroatoms. The summed E-state index contributed by atoms with van der Waals surface area (Å²) in [6.45, 7) is 0. The van der Waals surface area contributed by atoms with Crippen LogP contribution in [0, 0.1) is 0 Å². The molecule has 0 radical (unpaired) electrons. The maximum absolute atomic E-state index is 13.8. The molecule has 170 valence electrons. The van der Waals surface area contributed by atoms with Crippen molar-refractivity contribution in [1.29, 1.82) is 0 Å². The smallest absolute Gasteiger partial charge is 0.283 e. The number of halogens is 1. The third-order valence-corrected chi connectivity index (χ3v) is 7.69. The molecular formula is C25H25BrN4O2S. The average molecular weight is 525 g/mol. The summed E-state index contributed by atoms with van der Waals surface area (Å²) in [5.41, 5.74) is 2.73. The van der Waals surface area contributed by atoms with Gasteiger partial charge in [0.05, 0.1) is 17.0 Å². The number of carbonyl (C=O) groups excluding carboxylic acids is 1. The van der Waals surface area contributed by atoms with Gasteiger partial charge in [-0.1, -0.05) is 65.2 Å². The fourth-order valence-corrected chi connectivity index (χ4v) is 5.80. The lowest BCUT2D eigenvalue weighted by atomic mass is 9.95. The number of rotatable bonds is 5. The first-order valence-electron chi connectivity index (χ1n) is 11.2. The quantitative estimate of drug-likeness (QED) is 0.288. The zero-order valence-electron chi connectivity index (χ0n) is 18.4. The molecule has 1 fully saturated rings. The van der Waals surface area contributed by atoms with Gasteiger partial charge < -0.3 is 9.88 Å². The van der Waals surface area contributed by atoms with Crippen molar-refractivity contribution in [3.8, 4) is 5.69 Å². The van der Waals surface area contributed by atoms with E-state index in [-0.39, 0.29) is 23.3 Å². The zero-order chi connectivity index (χ0) is 22.9. The van der Waals surface area contributed by atoms with Gasteiger partial charge in [0.25, 0.3) is 5.56 Å². The van der Waals surface area contributed by atoms with Crippen LogP contribution in [-0.4, -0.2) is 31.8 Å². The minimum Gasteiger partial charge on any atom is -0.353 e. The molecule has 33 heavy (non-hydrogen) atoms. The van der Waals surface area contributed by atoms with Crippen LogP contribution in [0.5, 0.6) is 0 Å². The standard InChI is InChI=1S/C25H25BrN4O2S/c1-29-20-14-16(26)12-13-19(20)22-23(29)24(32)30(18-10-6-3-7-11-18)25(28-22)33-15-21(31)27-17-8-4-2-5-9-17/h3,6-7,10-14,17H,2,4-5,8-9,15H2,1H3,(H,27,31). The van der Waals surface area contributed by atoms with E-state index >= 15 is 0 Å². The Kier molecular flexibility index (Phi) is 6.29. The molecule has 2 aromatic carbocycles. The third kappa shape index (κ3) is 4.34. The number of aryl methyl sites for hydroxylation is 1. The van der Waals surface area contributed by atoms with Gasteiger partial charge >= 0.3 is 0 Å². The predicted octanol–water partition coefficient (Wildman–Crippen LogP) is 5.18. The largest absolute Gasteiger partial charge is 0.353 e. The first-order valence-corrected chi connectivity index (χ1v) is 13.0. The number of fused-ring (bicyclic) bond motifs is 3. The predicted molar refractivity (Wildman–Crippen MR) is 137 cm³/mol. The highest BCUT2D eigenvalue weighted by Crippen LogP contribution is 2.30. The SMILES string of the molecule is Cn1c2cc(Br)ccc2c2nc(SCC(=O)NC3CCCCC3)n(-c3ccccc3)c(=O)c21. The lowest BCUT2D eigenvalue weighted by Gasteiger charge is -2.22. The molecule has 6 nitrogen and oxygen atoms in total. The molecule has 0 bridgehead atoms. The van der Waals surface area contributed by atoms with E-state index in [1.165, 1.54) is 31.0 Å². The van der Waals surface area contributed by atoms with Gasteiger partial charge in [0.15, 0.2) is 5.16 Å². The highest BCUT2D eigenvalue weighted by molar-refractivity contribution is 9.10. The number of amides is 1. The monoisotopic (exact) mass is 524 g/mol. The van der Waals surface area contributed by atoms with Crippen molar-refractivity contribution in [3.05, 3.63) is 63.4 Å². The number of nitrogens with zero attached hydrogens (tertiary/aromatic N) is 3. The van der Waals surface area contributed by atoms with E-state index < -0.39 is 0 Å². The summed E-state index contributed by atoms with van der Waals surface area (Å²) in [6, 6.07) is 15.7. The molecule has 0 spiro atoms. The summed E-state index contributed by atoms with van der Waals surface area (Å²) in [5, 5.41) is 4.60. The summed E-state index contributed by atoms with van der Waals surface area (Å²) >= 11 is 4.83. The maximum atomic E-state index is 13.8. The van der Waals surface area contributed by atoms with Crippen LogP contribution >= 0.6 is 27.7 Å². The van der Waals surface area contributed by atoms with E-state index in [4.69, 9.17) is 4.98 Å². The van der Waals surface area contributed by atoms with Crippen LogP contribution in [0.25, 0.3) is 27.6 Å². The van der Waals surface area contributed by atoms with Crippen LogP contribution in [0.1, 0.15) is 32.1 Å². The number of thioether (sulfide) groups is 1. The van der Waals surface area contributed by atoms with E-state index in [0.717, 1.165) is 33.9 Å². The van der Waals surface area contributed by atoms with Gasteiger partial charge in [-0.05, 0) is 43.2 Å². The second kappa shape index (κ2) is 9.35. The van der Waals surface area contributed by atoms with Crippen molar-refractivity contribution < 1.29 is 4.79 Å². The summed E-state index contributed by atoms with van der Waals surface area (Å²) < 4.78 is 4.46. The number of nitrogens with one attached hydrogen (secondary N) is 1. The van der Waals surface area contributed by atoms with E-state index in [2.05, 4.69) is 21.2 Å². The molecule has 2 aromatic heterocycles. The highest BCUT2D eigenvalue weighted by atomic mass is 79.9. The van der Waals surface area contributed by atoms with E-state index in [1.54, 1.807) is 4.57 Å². The van der Waals surface area contributed by atoms with Crippen molar-refractivity contribution >= 4 is 55.5 Å².